The van der Waals surface area contributed by atoms with Gasteiger partial charge < -0.3 is 15.2 Å². The van der Waals surface area contributed by atoms with E-state index in [0.717, 1.165) is 16.8 Å². The van der Waals surface area contributed by atoms with E-state index in [1.165, 1.54) is 16.5 Å². The summed E-state index contributed by atoms with van der Waals surface area (Å²) in [6, 6.07) is 5.34. The maximum absolute atomic E-state index is 13.9. The summed E-state index contributed by atoms with van der Waals surface area (Å²) >= 11 is 0. The highest BCUT2D eigenvalue weighted by atomic mass is 16.2. The number of hydrogen-bond acceptors (Lipinski definition) is 4. The Bertz CT molecular complexity index is 1190. The number of carbonyl (C=O) groups is 2. The fourth-order valence-electron chi connectivity index (χ4n) is 5.55. The lowest BCUT2D eigenvalue weighted by Crippen LogP contribution is -2.55. The molecule has 2 heterocycles. The number of likely N-dealkylation sites (tertiary alicyclic amines) is 1. The molecule has 0 spiro atoms. The van der Waals surface area contributed by atoms with E-state index in [2.05, 4.69) is 28.7 Å². The van der Waals surface area contributed by atoms with Gasteiger partial charge in [0.15, 0.2) is 0 Å². The first-order valence-corrected chi connectivity index (χ1v) is 11.6. The van der Waals surface area contributed by atoms with Gasteiger partial charge in [0.2, 0.25) is 5.91 Å². The van der Waals surface area contributed by atoms with Crippen molar-refractivity contribution in [3.63, 3.8) is 0 Å². The van der Waals surface area contributed by atoms with Crippen molar-refractivity contribution >= 4 is 22.8 Å². The number of rotatable bonds is 8. The molecule has 7 heteroatoms. The van der Waals surface area contributed by atoms with Gasteiger partial charge in [-0.1, -0.05) is 18.2 Å². The van der Waals surface area contributed by atoms with Crippen LogP contribution in [0.5, 0.6) is 0 Å². The van der Waals surface area contributed by atoms with Gasteiger partial charge in [-0.15, -0.1) is 6.58 Å². The SMILES string of the molecule is [2H]C([2H])([2H])C([2H])([2H])NC(=O)N(CCCN(C)C)C(=O)[C@@H]1CC2c3cccc4[nH]cc(c34)C[C@H]2N(CC=C)C1. The Labute approximate surface area is 203 Å². The van der Waals surface area contributed by atoms with Crippen LogP contribution in [0.3, 0.4) is 0 Å². The number of benzene rings is 1. The second kappa shape index (κ2) is 10.1. The van der Waals surface area contributed by atoms with Crippen molar-refractivity contribution in [3.05, 3.63) is 48.2 Å². The molecule has 4 rings (SSSR count). The van der Waals surface area contributed by atoms with E-state index in [-0.39, 0.29) is 18.5 Å². The van der Waals surface area contributed by atoms with Crippen molar-refractivity contribution in [2.75, 3.05) is 46.8 Å². The van der Waals surface area contributed by atoms with Gasteiger partial charge in [-0.3, -0.25) is 14.6 Å². The molecular formula is C26H37N5O2. The Morgan fingerprint density at radius 3 is 3.00 bits per heavy atom. The molecule has 0 radical (unpaired) electrons. The zero-order valence-electron chi connectivity index (χ0n) is 24.4. The van der Waals surface area contributed by atoms with Gasteiger partial charge in [0.05, 0.1) is 5.92 Å². The minimum Gasteiger partial charge on any atom is -0.361 e. The average molecular weight is 457 g/mol. The third-order valence-corrected chi connectivity index (χ3v) is 6.96. The van der Waals surface area contributed by atoms with Gasteiger partial charge in [-0.25, -0.2) is 4.79 Å². The second-order valence-electron chi connectivity index (χ2n) is 9.34. The molecule has 33 heavy (non-hydrogen) atoms. The van der Waals surface area contributed by atoms with E-state index in [1.54, 1.807) is 0 Å². The summed E-state index contributed by atoms with van der Waals surface area (Å²) in [6.07, 6.45) is 5.75. The Morgan fingerprint density at radius 2 is 2.24 bits per heavy atom. The Morgan fingerprint density at radius 1 is 1.39 bits per heavy atom. The molecule has 178 valence electrons. The molecule has 1 aliphatic carbocycles. The van der Waals surface area contributed by atoms with Crippen molar-refractivity contribution in [2.24, 2.45) is 5.92 Å². The highest BCUT2D eigenvalue weighted by Gasteiger charge is 2.43. The summed E-state index contributed by atoms with van der Waals surface area (Å²) in [6.45, 7) is -0.436. The molecule has 2 aliphatic rings. The standard InChI is InChI=1S/C26H37N5O2/c1-5-11-30-17-19(25(32)31(26(33)27-6-2)13-8-12-29(3)4)14-21-20-9-7-10-22-24(20)18(16-28-22)15-23(21)30/h5,7,9-10,16,19,21,23,28H,1,6,8,11-15,17H2,2-4H3,(H,27,33)/t19-,21?,23-/m1/s1/i2D3,6D2. The summed E-state index contributed by atoms with van der Waals surface area (Å²) in [5.41, 5.74) is 3.51. The summed E-state index contributed by atoms with van der Waals surface area (Å²) in [5.74, 6) is -0.858. The molecule has 0 bridgehead atoms. The quantitative estimate of drug-likeness (QED) is 0.599. The summed E-state index contributed by atoms with van der Waals surface area (Å²) in [7, 11) is 3.76. The van der Waals surface area contributed by atoms with Gasteiger partial charge in [0.1, 0.15) is 0 Å². The van der Waals surface area contributed by atoms with Gasteiger partial charge in [0.25, 0.3) is 0 Å². The zero-order valence-corrected chi connectivity index (χ0v) is 19.4. The summed E-state index contributed by atoms with van der Waals surface area (Å²) in [4.78, 5) is 35.7. The topological polar surface area (TPSA) is 71.7 Å². The number of hydrogen-bond donors (Lipinski definition) is 2. The predicted molar refractivity (Wildman–Crippen MR) is 132 cm³/mol. The molecule has 3 amide bonds. The number of carbonyl (C=O) groups excluding carboxylic acids is 2. The van der Waals surface area contributed by atoms with Crippen LogP contribution in [0.1, 0.15) is 43.6 Å². The van der Waals surface area contributed by atoms with Crippen molar-refractivity contribution in [1.82, 2.24) is 25.0 Å². The van der Waals surface area contributed by atoms with E-state index >= 15 is 0 Å². The third kappa shape index (κ3) is 4.70. The van der Waals surface area contributed by atoms with Crippen molar-refractivity contribution in [2.45, 2.75) is 38.1 Å². The Kier molecular flexibility index (Phi) is 5.44. The predicted octanol–water partition coefficient (Wildman–Crippen LogP) is 3.19. The van der Waals surface area contributed by atoms with E-state index < -0.39 is 31.2 Å². The zero-order chi connectivity index (χ0) is 27.8. The summed E-state index contributed by atoms with van der Waals surface area (Å²) in [5, 5.41) is 3.16. The molecular weight excluding hydrogens is 414 g/mol. The number of nitrogens with one attached hydrogen (secondary N) is 2. The average Bonchev–Trinajstić information content (AvgIpc) is 3.25. The van der Waals surface area contributed by atoms with Crippen LogP contribution in [0, 0.1) is 5.92 Å². The van der Waals surface area contributed by atoms with Gasteiger partial charge in [-0.2, -0.15) is 0 Å². The first-order valence-electron chi connectivity index (χ1n) is 14.1. The van der Waals surface area contributed by atoms with Crippen LogP contribution in [-0.2, 0) is 11.2 Å². The smallest absolute Gasteiger partial charge is 0.324 e. The number of imide groups is 1. The molecule has 3 atom stereocenters. The number of urea groups is 1. The van der Waals surface area contributed by atoms with Gasteiger partial charge >= 0.3 is 6.03 Å². The van der Waals surface area contributed by atoms with E-state index in [1.807, 2.05) is 42.5 Å². The first kappa shape index (κ1) is 17.8. The second-order valence-corrected chi connectivity index (χ2v) is 9.34. The maximum Gasteiger partial charge on any atom is 0.324 e. The highest BCUT2D eigenvalue weighted by molar-refractivity contribution is 5.96. The molecule has 1 aromatic carbocycles. The lowest BCUT2D eigenvalue weighted by molar-refractivity contribution is -0.135. The van der Waals surface area contributed by atoms with Crippen molar-refractivity contribution in [3.8, 4) is 0 Å². The molecule has 1 aromatic heterocycles. The fourth-order valence-corrected chi connectivity index (χ4v) is 5.55. The number of H-pyrrole nitrogens is 1. The molecule has 1 aliphatic heterocycles. The largest absolute Gasteiger partial charge is 0.361 e. The first-order chi connectivity index (χ1) is 17.8. The third-order valence-electron chi connectivity index (χ3n) is 6.96. The van der Waals surface area contributed by atoms with Gasteiger partial charge in [0, 0.05) is 62.0 Å². The normalized spacial score (nSPS) is 25.3. The number of fused-ring (bicyclic) bond motifs is 2. The lowest BCUT2D eigenvalue weighted by atomic mass is 9.72. The van der Waals surface area contributed by atoms with Gasteiger partial charge in [-0.05, 0) is 63.9 Å². The van der Waals surface area contributed by atoms with Crippen molar-refractivity contribution in [1.29, 1.82) is 0 Å². The number of amides is 3. The maximum atomic E-state index is 13.9. The Balaban J connectivity index is 1.63. The van der Waals surface area contributed by atoms with Crippen LogP contribution in [-0.4, -0.2) is 84.4 Å². The molecule has 2 aromatic rings. The monoisotopic (exact) mass is 456 g/mol. The van der Waals surface area contributed by atoms with Crippen LogP contribution in [0.4, 0.5) is 4.79 Å². The van der Waals surface area contributed by atoms with Crippen LogP contribution < -0.4 is 5.32 Å². The molecule has 2 N–H and O–H groups in total. The number of piperidine rings is 1. The Hall–Kier alpha value is -2.64. The van der Waals surface area contributed by atoms with Crippen LogP contribution in [0.25, 0.3) is 10.9 Å². The summed E-state index contributed by atoms with van der Waals surface area (Å²) < 4.78 is 38.1. The molecule has 0 saturated carbocycles. The number of nitrogens with zero attached hydrogens (tertiary/aromatic N) is 3. The fraction of sp³-hybridized carbons (Fsp3) is 0.538. The lowest BCUT2D eigenvalue weighted by Gasteiger charge is -2.47. The molecule has 1 saturated heterocycles. The van der Waals surface area contributed by atoms with E-state index in [4.69, 9.17) is 6.85 Å². The van der Waals surface area contributed by atoms with E-state index in [9.17, 15) is 9.59 Å². The van der Waals surface area contributed by atoms with Crippen LogP contribution >= 0.6 is 0 Å². The van der Waals surface area contributed by atoms with Crippen LogP contribution in [0.2, 0.25) is 0 Å². The van der Waals surface area contributed by atoms with E-state index in [0.29, 0.717) is 32.5 Å². The molecule has 1 unspecified atom stereocenters. The number of aromatic amines is 1. The minimum absolute atomic E-state index is 0.0590. The molecule has 7 nitrogen and oxygen atoms in total. The number of aromatic nitrogens is 1. The minimum atomic E-state index is -3.07. The van der Waals surface area contributed by atoms with Crippen LogP contribution in [0.15, 0.2) is 37.1 Å². The molecule has 1 fully saturated rings. The highest BCUT2D eigenvalue weighted by Crippen LogP contribution is 2.45. The van der Waals surface area contributed by atoms with Crippen molar-refractivity contribution < 1.29 is 16.4 Å².